The fraction of sp³-hybridized carbons (Fsp3) is 0.278. The predicted molar refractivity (Wildman–Crippen MR) is 85.6 cm³/mol. The molecule has 0 N–H and O–H groups in total. The molecule has 0 saturated carbocycles. The Morgan fingerprint density at radius 3 is 2.71 bits per heavy atom. The van der Waals surface area contributed by atoms with E-state index in [0.717, 1.165) is 17.7 Å². The standard InChI is InChI=1S/C18H16N2O4/c21-16-12-6-1-2-7-13(12)20(18(23)15-9-5-11-24-15)17(22)14-8-3-4-10-19(14)16/h1-2,5-7,9,11,14H,3-4,8,10H2. The first-order chi connectivity index (χ1) is 11.7. The lowest BCUT2D eigenvalue weighted by Crippen LogP contribution is -2.52. The summed E-state index contributed by atoms with van der Waals surface area (Å²) in [5, 5.41) is 0. The third-order valence-corrected chi connectivity index (χ3v) is 4.58. The van der Waals surface area contributed by atoms with Gasteiger partial charge in [-0.05, 0) is 43.5 Å². The highest BCUT2D eigenvalue weighted by atomic mass is 16.3. The summed E-state index contributed by atoms with van der Waals surface area (Å²) in [5.74, 6) is -1.03. The Bertz CT molecular complexity index is 812. The van der Waals surface area contributed by atoms with E-state index in [9.17, 15) is 14.4 Å². The van der Waals surface area contributed by atoms with Crippen LogP contribution >= 0.6 is 0 Å². The Morgan fingerprint density at radius 2 is 1.92 bits per heavy atom. The summed E-state index contributed by atoms with van der Waals surface area (Å²) in [4.78, 5) is 41.5. The quantitative estimate of drug-likeness (QED) is 0.756. The molecule has 122 valence electrons. The number of imide groups is 1. The molecule has 2 aliphatic heterocycles. The number of nitrogens with zero attached hydrogens (tertiary/aromatic N) is 2. The van der Waals surface area contributed by atoms with Crippen LogP contribution in [0.25, 0.3) is 0 Å². The molecule has 4 rings (SSSR count). The Balaban J connectivity index is 1.87. The number of hydrogen-bond donors (Lipinski definition) is 0. The van der Waals surface area contributed by atoms with Crippen molar-refractivity contribution in [1.29, 1.82) is 0 Å². The van der Waals surface area contributed by atoms with E-state index in [1.54, 1.807) is 35.2 Å². The second kappa shape index (κ2) is 5.63. The molecule has 24 heavy (non-hydrogen) atoms. The van der Waals surface area contributed by atoms with Gasteiger partial charge < -0.3 is 9.32 Å². The van der Waals surface area contributed by atoms with E-state index in [2.05, 4.69) is 0 Å². The molecule has 2 aromatic rings. The van der Waals surface area contributed by atoms with E-state index in [1.807, 2.05) is 0 Å². The number of benzene rings is 1. The molecule has 2 aliphatic rings. The summed E-state index contributed by atoms with van der Waals surface area (Å²) < 4.78 is 5.17. The Kier molecular flexibility index (Phi) is 3.45. The molecular weight excluding hydrogens is 308 g/mol. The van der Waals surface area contributed by atoms with Crippen molar-refractivity contribution in [3.05, 3.63) is 54.0 Å². The second-order valence-corrected chi connectivity index (χ2v) is 5.98. The van der Waals surface area contributed by atoms with E-state index in [-0.39, 0.29) is 17.6 Å². The summed E-state index contributed by atoms with van der Waals surface area (Å²) in [6.07, 6.45) is 3.68. The molecule has 0 bridgehead atoms. The van der Waals surface area contributed by atoms with E-state index in [4.69, 9.17) is 4.42 Å². The molecule has 1 aromatic heterocycles. The first-order valence-electron chi connectivity index (χ1n) is 8.00. The van der Waals surface area contributed by atoms with Crippen molar-refractivity contribution in [2.75, 3.05) is 11.4 Å². The monoisotopic (exact) mass is 324 g/mol. The minimum absolute atomic E-state index is 0.0786. The third-order valence-electron chi connectivity index (χ3n) is 4.58. The number of fused-ring (bicyclic) bond motifs is 2. The number of furan rings is 1. The summed E-state index contributed by atoms with van der Waals surface area (Å²) in [5.41, 5.74) is 0.693. The van der Waals surface area contributed by atoms with Crippen LogP contribution in [0.5, 0.6) is 0 Å². The molecule has 6 heteroatoms. The number of hydrogen-bond acceptors (Lipinski definition) is 4. The largest absolute Gasteiger partial charge is 0.459 e. The normalized spacial score (nSPS) is 20.4. The van der Waals surface area contributed by atoms with E-state index >= 15 is 0 Å². The van der Waals surface area contributed by atoms with Gasteiger partial charge in [0.25, 0.3) is 11.8 Å². The third kappa shape index (κ3) is 2.14. The maximum Gasteiger partial charge on any atom is 0.300 e. The van der Waals surface area contributed by atoms with Gasteiger partial charge in [-0.3, -0.25) is 14.4 Å². The Hall–Kier alpha value is -2.89. The number of carbonyl (C=O) groups excluding carboxylic acids is 3. The van der Waals surface area contributed by atoms with Crippen LogP contribution in [0.3, 0.4) is 0 Å². The van der Waals surface area contributed by atoms with Gasteiger partial charge in [-0.1, -0.05) is 12.1 Å². The first kappa shape index (κ1) is 14.7. The lowest BCUT2D eigenvalue weighted by molar-refractivity contribution is -0.123. The minimum atomic E-state index is -0.599. The van der Waals surface area contributed by atoms with Crippen LogP contribution in [0.4, 0.5) is 5.69 Å². The smallest absolute Gasteiger partial charge is 0.300 e. The van der Waals surface area contributed by atoms with Gasteiger partial charge in [-0.15, -0.1) is 0 Å². The second-order valence-electron chi connectivity index (χ2n) is 5.98. The van der Waals surface area contributed by atoms with E-state index < -0.39 is 11.9 Å². The zero-order valence-electron chi connectivity index (χ0n) is 13.0. The van der Waals surface area contributed by atoms with Crippen molar-refractivity contribution in [2.45, 2.75) is 25.3 Å². The van der Waals surface area contributed by atoms with Crippen molar-refractivity contribution in [2.24, 2.45) is 0 Å². The summed E-state index contributed by atoms with van der Waals surface area (Å²) >= 11 is 0. The molecule has 6 nitrogen and oxygen atoms in total. The van der Waals surface area contributed by atoms with Crippen molar-refractivity contribution in [3.63, 3.8) is 0 Å². The average molecular weight is 324 g/mol. The van der Waals surface area contributed by atoms with Gasteiger partial charge >= 0.3 is 5.91 Å². The molecule has 3 amide bonds. The summed E-state index contributed by atoms with van der Waals surface area (Å²) in [6, 6.07) is 9.25. The van der Waals surface area contributed by atoms with Gasteiger partial charge in [0.15, 0.2) is 5.76 Å². The lowest BCUT2D eigenvalue weighted by atomic mass is 10.0. The lowest BCUT2D eigenvalue weighted by Gasteiger charge is -2.33. The van der Waals surface area contributed by atoms with Crippen LogP contribution < -0.4 is 4.90 Å². The van der Waals surface area contributed by atoms with Crippen molar-refractivity contribution >= 4 is 23.4 Å². The van der Waals surface area contributed by atoms with Crippen LogP contribution in [0.1, 0.15) is 40.2 Å². The maximum atomic E-state index is 13.1. The number of para-hydroxylation sites is 1. The molecule has 3 heterocycles. The van der Waals surface area contributed by atoms with Crippen LogP contribution in [-0.2, 0) is 4.79 Å². The highest BCUT2D eigenvalue weighted by Crippen LogP contribution is 2.32. The van der Waals surface area contributed by atoms with Gasteiger partial charge in [-0.25, -0.2) is 4.90 Å². The van der Waals surface area contributed by atoms with Crippen molar-refractivity contribution in [1.82, 2.24) is 4.90 Å². The molecule has 0 aliphatic carbocycles. The number of rotatable bonds is 1. The number of carbonyl (C=O) groups is 3. The number of piperidine rings is 1. The molecule has 1 fully saturated rings. The maximum absolute atomic E-state index is 13.1. The van der Waals surface area contributed by atoms with Crippen LogP contribution in [0.2, 0.25) is 0 Å². The van der Waals surface area contributed by atoms with Crippen molar-refractivity contribution in [3.8, 4) is 0 Å². The fourth-order valence-electron chi connectivity index (χ4n) is 3.42. The molecule has 1 atom stereocenters. The van der Waals surface area contributed by atoms with Gasteiger partial charge in [0.05, 0.1) is 17.5 Å². The zero-order valence-corrected chi connectivity index (χ0v) is 13.0. The Morgan fingerprint density at radius 1 is 1.08 bits per heavy atom. The van der Waals surface area contributed by atoms with Gasteiger partial charge in [0, 0.05) is 6.54 Å². The number of amides is 3. The van der Waals surface area contributed by atoms with Crippen LogP contribution in [-0.4, -0.2) is 35.2 Å². The average Bonchev–Trinajstić information content (AvgIpc) is 3.13. The predicted octanol–water partition coefficient (Wildman–Crippen LogP) is 2.46. The SMILES string of the molecule is O=C(c1ccco1)N1C(=O)C2CCCCN2C(=O)c2ccccc21. The topological polar surface area (TPSA) is 70.8 Å². The summed E-state index contributed by atoms with van der Waals surface area (Å²) in [7, 11) is 0. The molecule has 1 saturated heterocycles. The fourth-order valence-corrected chi connectivity index (χ4v) is 3.42. The van der Waals surface area contributed by atoms with E-state index in [0.29, 0.717) is 24.2 Å². The van der Waals surface area contributed by atoms with Crippen LogP contribution in [0.15, 0.2) is 47.1 Å². The molecule has 1 unspecified atom stereocenters. The highest BCUT2D eigenvalue weighted by Gasteiger charge is 2.43. The number of anilines is 1. The van der Waals surface area contributed by atoms with Crippen molar-refractivity contribution < 1.29 is 18.8 Å². The van der Waals surface area contributed by atoms with Crippen LogP contribution in [0, 0.1) is 0 Å². The first-order valence-corrected chi connectivity index (χ1v) is 8.00. The summed E-state index contributed by atoms with van der Waals surface area (Å²) in [6.45, 7) is 0.534. The minimum Gasteiger partial charge on any atom is -0.459 e. The zero-order chi connectivity index (χ0) is 16.7. The van der Waals surface area contributed by atoms with Gasteiger partial charge in [-0.2, -0.15) is 0 Å². The molecule has 0 spiro atoms. The Labute approximate surface area is 138 Å². The van der Waals surface area contributed by atoms with Gasteiger partial charge in [0.1, 0.15) is 6.04 Å². The molecule has 1 aromatic carbocycles. The molecule has 0 radical (unpaired) electrons. The van der Waals surface area contributed by atoms with Gasteiger partial charge in [0.2, 0.25) is 0 Å². The highest BCUT2D eigenvalue weighted by molar-refractivity contribution is 6.25. The molecular formula is C18H16N2O4. The van der Waals surface area contributed by atoms with E-state index in [1.165, 1.54) is 12.3 Å².